The van der Waals surface area contributed by atoms with Gasteiger partial charge in [0.05, 0.1) is 25.2 Å². The van der Waals surface area contributed by atoms with E-state index in [0.29, 0.717) is 38.6 Å². The Morgan fingerprint density at radius 2 is 1.96 bits per heavy atom. The van der Waals surface area contributed by atoms with Gasteiger partial charge in [-0.3, -0.25) is 4.79 Å². The Kier molecular flexibility index (Phi) is 7.89. The molecule has 5 nitrogen and oxygen atoms in total. The Morgan fingerprint density at radius 1 is 1.21 bits per heavy atom. The summed E-state index contributed by atoms with van der Waals surface area (Å²) in [7, 11) is 0. The lowest BCUT2D eigenvalue weighted by molar-refractivity contribution is -0.154. The predicted octanol–water partition coefficient (Wildman–Crippen LogP) is 3.60. The lowest BCUT2D eigenvalue weighted by Crippen LogP contribution is -2.34. The van der Waals surface area contributed by atoms with Crippen LogP contribution in [0.1, 0.15) is 39.5 Å². The predicted molar refractivity (Wildman–Crippen MR) is 91.4 cm³/mol. The van der Waals surface area contributed by atoms with Crippen LogP contribution in [0.3, 0.4) is 0 Å². The normalized spacial score (nSPS) is 20.4. The van der Waals surface area contributed by atoms with Gasteiger partial charge in [0.15, 0.2) is 11.5 Å². The molecule has 0 saturated carbocycles. The van der Waals surface area contributed by atoms with Gasteiger partial charge in [0, 0.05) is 6.61 Å². The fraction of sp³-hybridized carbons (Fsp3) is 0.632. The Bertz CT molecular complexity index is 502. The third kappa shape index (κ3) is 5.71. The van der Waals surface area contributed by atoms with Gasteiger partial charge in [-0.2, -0.15) is 0 Å². The van der Waals surface area contributed by atoms with E-state index in [1.165, 1.54) is 0 Å². The van der Waals surface area contributed by atoms with Gasteiger partial charge in [-0.05, 0) is 38.3 Å². The fourth-order valence-corrected chi connectivity index (χ4v) is 2.67. The molecular formula is C19H28O5. The van der Waals surface area contributed by atoms with Gasteiger partial charge in [0.25, 0.3) is 0 Å². The van der Waals surface area contributed by atoms with Crippen molar-refractivity contribution < 1.29 is 23.7 Å². The van der Waals surface area contributed by atoms with Crippen LogP contribution in [-0.4, -0.2) is 38.5 Å². The molecule has 1 aromatic rings. The van der Waals surface area contributed by atoms with E-state index in [1.807, 2.05) is 31.2 Å². The SMILES string of the molecule is CCCCOC(=O)C1CCOC(COc2ccccc2OCC)C1. The summed E-state index contributed by atoms with van der Waals surface area (Å²) >= 11 is 0. The molecular weight excluding hydrogens is 308 g/mol. The Labute approximate surface area is 144 Å². The van der Waals surface area contributed by atoms with Crippen LogP contribution in [0.5, 0.6) is 11.5 Å². The van der Waals surface area contributed by atoms with E-state index in [4.69, 9.17) is 18.9 Å². The molecule has 2 rings (SSSR count). The minimum Gasteiger partial charge on any atom is -0.490 e. The highest BCUT2D eigenvalue weighted by atomic mass is 16.6. The molecule has 1 aromatic carbocycles. The van der Waals surface area contributed by atoms with E-state index in [9.17, 15) is 4.79 Å². The van der Waals surface area contributed by atoms with Crippen LogP contribution in [0.15, 0.2) is 24.3 Å². The highest BCUT2D eigenvalue weighted by Gasteiger charge is 2.29. The number of carbonyl (C=O) groups is 1. The Hall–Kier alpha value is -1.75. The third-order valence-electron chi connectivity index (χ3n) is 4.02. The molecule has 0 spiro atoms. The molecule has 0 aromatic heterocycles. The minimum absolute atomic E-state index is 0.0914. The van der Waals surface area contributed by atoms with Crippen molar-refractivity contribution in [2.45, 2.75) is 45.6 Å². The first kappa shape index (κ1) is 18.6. The summed E-state index contributed by atoms with van der Waals surface area (Å²) in [6.45, 7) is 6.09. The summed E-state index contributed by atoms with van der Waals surface area (Å²) in [4.78, 5) is 12.1. The molecule has 0 bridgehead atoms. The van der Waals surface area contributed by atoms with Crippen LogP contribution in [0.25, 0.3) is 0 Å². The zero-order chi connectivity index (χ0) is 17.2. The first-order chi connectivity index (χ1) is 11.7. The number of esters is 1. The average molecular weight is 336 g/mol. The van der Waals surface area contributed by atoms with Crippen LogP contribution in [-0.2, 0) is 14.3 Å². The summed E-state index contributed by atoms with van der Waals surface area (Å²) in [5, 5.41) is 0. The van der Waals surface area contributed by atoms with Crippen molar-refractivity contribution in [1.29, 1.82) is 0 Å². The summed E-state index contributed by atoms with van der Waals surface area (Å²) in [6, 6.07) is 7.59. The topological polar surface area (TPSA) is 54.0 Å². The quantitative estimate of drug-likeness (QED) is 0.509. The number of para-hydroxylation sites is 2. The molecule has 1 fully saturated rings. The van der Waals surface area contributed by atoms with Crippen LogP contribution >= 0.6 is 0 Å². The van der Waals surface area contributed by atoms with Crippen molar-refractivity contribution in [1.82, 2.24) is 0 Å². The average Bonchev–Trinajstić information content (AvgIpc) is 2.61. The molecule has 5 heteroatoms. The summed E-state index contributed by atoms with van der Waals surface area (Å²) in [6.07, 6.45) is 3.20. The molecule has 1 aliphatic rings. The molecule has 24 heavy (non-hydrogen) atoms. The minimum atomic E-state index is -0.105. The van der Waals surface area contributed by atoms with Gasteiger partial charge < -0.3 is 18.9 Å². The molecule has 0 N–H and O–H groups in total. The number of ether oxygens (including phenoxy) is 4. The second kappa shape index (κ2) is 10.2. The second-order valence-electron chi connectivity index (χ2n) is 5.93. The van der Waals surface area contributed by atoms with Gasteiger partial charge in [0.2, 0.25) is 0 Å². The molecule has 2 atom stereocenters. The highest BCUT2D eigenvalue weighted by Crippen LogP contribution is 2.28. The van der Waals surface area contributed by atoms with E-state index in [1.54, 1.807) is 0 Å². The molecule has 1 aliphatic heterocycles. The summed E-state index contributed by atoms with van der Waals surface area (Å²) < 4.78 is 22.5. The zero-order valence-corrected chi connectivity index (χ0v) is 14.7. The van der Waals surface area contributed by atoms with E-state index in [2.05, 4.69) is 6.92 Å². The Balaban J connectivity index is 1.81. The highest BCUT2D eigenvalue weighted by molar-refractivity contribution is 5.72. The first-order valence-corrected chi connectivity index (χ1v) is 8.87. The van der Waals surface area contributed by atoms with E-state index < -0.39 is 0 Å². The van der Waals surface area contributed by atoms with Gasteiger partial charge in [-0.25, -0.2) is 0 Å². The van der Waals surface area contributed by atoms with Gasteiger partial charge >= 0.3 is 5.97 Å². The maximum atomic E-state index is 12.1. The van der Waals surface area contributed by atoms with Crippen molar-refractivity contribution in [2.24, 2.45) is 5.92 Å². The Morgan fingerprint density at radius 3 is 2.67 bits per heavy atom. The maximum Gasteiger partial charge on any atom is 0.309 e. The third-order valence-corrected chi connectivity index (χ3v) is 4.02. The van der Waals surface area contributed by atoms with Crippen LogP contribution < -0.4 is 9.47 Å². The fourth-order valence-electron chi connectivity index (χ4n) is 2.67. The number of unbranched alkanes of at least 4 members (excludes halogenated alkanes) is 1. The maximum absolute atomic E-state index is 12.1. The first-order valence-electron chi connectivity index (χ1n) is 8.87. The van der Waals surface area contributed by atoms with Crippen molar-refractivity contribution in [3.8, 4) is 11.5 Å². The standard InChI is InChI=1S/C19H28O5/c1-3-5-11-23-19(20)15-10-12-22-16(13-15)14-24-18-9-7-6-8-17(18)21-4-2/h6-9,15-16H,3-5,10-14H2,1-2H3. The van der Waals surface area contributed by atoms with Crippen LogP contribution in [0.2, 0.25) is 0 Å². The smallest absolute Gasteiger partial charge is 0.309 e. The lowest BCUT2D eigenvalue weighted by Gasteiger charge is -2.28. The summed E-state index contributed by atoms with van der Waals surface area (Å²) in [5.41, 5.74) is 0. The molecule has 134 valence electrons. The van der Waals surface area contributed by atoms with Gasteiger partial charge in [-0.15, -0.1) is 0 Å². The number of carbonyl (C=O) groups excluding carboxylic acids is 1. The zero-order valence-electron chi connectivity index (χ0n) is 14.7. The monoisotopic (exact) mass is 336 g/mol. The van der Waals surface area contributed by atoms with Crippen molar-refractivity contribution in [3.05, 3.63) is 24.3 Å². The molecule has 0 radical (unpaired) electrons. The number of rotatable bonds is 9. The molecule has 0 aliphatic carbocycles. The van der Waals surface area contributed by atoms with Crippen LogP contribution in [0.4, 0.5) is 0 Å². The van der Waals surface area contributed by atoms with E-state index in [0.717, 1.165) is 25.0 Å². The van der Waals surface area contributed by atoms with Gasteiger partial charge in [-0.1, -0.05) is 25.5 Å². The van der Waals surface area contributed by atoms with Crippen molar-refractivity contribution in [2.75, 3.05) is 26.4 Å². The van der Waals surface area contributed by atoms with Crippen molar-refractivity contribution in [3.63, 3.8) is 0 Å². The largest absolute Gasteiger partial charge is 0.490 e. The second-order valence-corrected chi connectivity index (χ2v) is 5.93. The molecule has 2 unspecified atom stereocenters. The molecule has 0 amide bonds. The van der Waals surface area contributed by atoms with E-state index >= 15 is 0 Å². The van der Waals surface area contributed by atoms with Crippen molar-refractivity contribution >= 4 is 5.97 Å². The lowest BCUT2D eigenvalue weighted by atomic mass is 9.96. The van der Waals surface area contributed by atoms with Crippen LogP contribution in [0, 0.1) is 5.92 Å². The van der Waals surface area contributed by atoms with E-state index in [-0.39, 0.29) is 18.0 Å². The number of benzene rings is 1. The molecule has 1 saturated heterocycles. The molecule has 1 heterocycles. The number of hydrogen-bond acceptors (Lipinski definition) is 5. The number of hydrogen-bond donors (Lipinski definition) is 0. The summed E-state index contributed by atoms with van der Waals surface area (Å²) in [5.74, 6) is 1.24. The van der Waals surface area contributed by atoms with Gasteiger partial charge in [0.1, 0.15) is 6.61 Å².